The summed E-state index contributed by atoms with van der Waals surface area (Å²) in [5.74, 6) is 0.791. The molecule has 0 radical (unpaired) electrons. The van der Waals surface area contributed by atoms with Crippen LogP contribution >= 0.6 is 0 Å². The van der Waals surface area contributed by atoms with E-state index >= 15 is 0 Å². The summed E-state index contributed by atoms with van der Waals surface area (Å²) in [4.78, 5) is 11.8. The van der Waals surface area contributed by atoms with Crippen LogP contribution in [0.25, 0.3) is 0 Å². The number of amides is 2. The van der Waals surface area contributed by atoms with Crippen LogP contribution in [-0.2, 0) is 17.8 Å². The van der Waals surface area contributed by atoms with Crippen LogP contribution in [0.4, 0.5) is 4.79 Å². The van der Waals surface area contributed by atoms with Crippen molar-refractivity contribution in [2.45, 2.75) is 13.1 Å². The maximum atomic E-state index is 11.8. The average Bonchev–Trinajstić information content (AvgIpc) is 2.60. The number of urea groups is 1. The lowest BCUT2D eigenvalue weighted by molar-refractivity contribution is 0.146. The third-order valence-corrected chi connectivity index (χ3v) is 3.23. The van der Waals surface area contributed by atoms with Gasteiger partial charge >= 0.3 is 6.03 Å². The lowest BCUT2D eigenvalue weighted by atomic mass is 10.2. The second-order valence-electron chi connectivity index (χ2n) is 5.01. The fraction of sp³-hybridized carbons (Fsp3) is 0.278. The van der Waals surface area contributed by atoms with E-state index in [4.69, 9.17) is 9.47 Å². The molecule has 2 N–H and O–H groups in total. The quantitative estimate of drug-likeness (QED) is 0.737. The number of methoxy groups -OCH3 is 1. The van der Waals surface area contributed by atoms with E-state index in [0.29, 0.717) is 26.3 Å². The summed E-state index contributed by atoms with van der Waals surface area (Å²) in [6.07, 6.45) is 0. The van der Waals surface area contributed by atoms with Gasteiger partial charge in [0.05, 0.1) is 6.61 Å². The minimum absolute atomic E-state index is 0.186. The molecule has 0 aliphatic carbocycles. The van der Waals surface area contributed by atoms with Gasteiger partial charge in [0, 0.05) is 20.2 Å². The first-order valence-corrected chi connectivity index (χ1v) is 7.54. The third kappa shape index (κ3) is 6.40. The van der Waals surface area contributed by atoms with Gasteiger partial charge in [-0.1, -0.05) is 42.5 Å². The minimum Gasteiger partial charge on any atom is -0.491 e. The third-order valence-electron chi connectivity index (χ3n) is 3.23. The molecule has 23 heavy (non-hydrogen) atoms. The van der Waals surface area contributed by atoms with E-state index in [-0.39, 0.29) is 6.03 Å². The Balaban J connectivity index is 1.69. The Hall–Kier alpha value is -2.53. The van der Waals surface area contributed by atoms with Gasteiger partial charge in [-0.3, -0.25) is 0 Å². The molecule has 0 atom stereocenters. The molecular formula is C18H22N2O3. The molecule has 0 aromatic heterocycles. The van der Waals surface area contributed by atoms with E-state index < -0.39 is 0 Å². The van der Waals surface area contributed by atoms with Gasteiger partial charge in [-0.05, 0) is 23.3 Å². The predicted octanol–water partition coefficient (Wildman–Crippen LogP) is 2.71. The summed E-state index contributed by atoms with van der Waals surface area (Å²) >= 11 is 0. The summed E-state index contributed by atoms with van der Waals surface area (Å²) in [7, 11) is 1.64. The zero-order chi connectivity index (χ0) is 16.3. The number of carbonyl (C=O) groups is 1. The Bertz CT molecular complexity index is 585. The highest BCUT2D eigenvalue weighted by Gasteiger charge is 2.01. The van der Waals surface area contributed by atoms with Crippen LogP contribution in [0.15, 0.2) is 54.6 Å². The molecule has 0 aliphatic heterocycles. The summed E-state index contributed by atoms with van der Waals surface area (Å²) in [5.41, 5.74) is 2.08. The summed E-state index contributed by atoms with van der Waals surface area (Å²) < 4.78 is 10.4. The van der Waals surface area contributed by atoms with Crippen molar-refractivity contribution >= 4 is 6.03 Å². The molecule has 0 fully saturated rings. The minimum atomic E-state index is -0.186. The van der Waals surface area contributed by atoms with Crippen LogP contribution in [-0.4, -0.2) is 26.4 Å². The van der Waals surface area contributed by atoms with Crippen molar-refractivity contribution < 1.29 is 14.3 Å². The molecule has 0 saturated heterocycles. The van der Waals surface area contributed by atoms with Crippen molar-refractivity contribution in [2.75, 3.05) is 20.3 Å². The monoisotopic (exact) mass is 314 g/mol. The molecule has 0 saturated carbocycles. The van der Waals surface area contributed by atoms with Crippen molar-refractivity contribution in [3.8, 4) is 5.75 Å². The molecule has 2 aromatic carbocycles. The summed E-state index contributed by atoms with van der Waals surface area (Å²) in [6.45, 7) is 2.07. The lowest BCUT2D eigenvalue weighted by Crippen LogP contribution is -2.34. The van der Waals surface area contributed by atoms with Crippen molar-refractivity contribution in [1.82, 2.24) is 10.6 Å². The number of hydrogen-bond donors (Lipinski definition) is 2. The Kier molecular flexibility index (Phi) is 6.94. The van der Waals surface area contributed by atoms with Gasteiger partial charge < -0.3 is 20.1 Å². The number of ether oxygens (including phenoxy) is 2. The Labute approximate surface area is 136 Å². The molecule has 0 aliphatic rings. The zero-order valence-electron chi connectivity index (χ0n) is 13.2. The molecule has 5 nitrogen and oxygen atoms in total. The largest absolute Gasteiger partial charge is 0.491 e. The molecule has 2 rings (SSSR count). The Morgan fingerprint density at radius 1 is 0.870 bits per heavy atom. The normalized spacial score (nSPS) is 10.1. The van der Waals surface area contributed by atoms with E-state index in [0.717, 1.165) is 16.9 Å². The van der Waals surface area contributed by atoms with Crippen LogP contribution in [0, 0.1) is 0 Å². The van der Waals surface area contributed by atoms with Crippen LogP contribution < -0.4 is 15.4 Å². The van der Waals surface area contributed by atoms with E-state index in [1.54, 1.807) is 7.11 Å². The van der Waals surface area contributed by atoms with Gasteiger partial charge in [0.2, 0.25) is 0 Å². The highest BCUT2D eigenvalue weighted by atomic mass is 16.5. The maximum Gasteiger partial charge on any atom is 0.315 e. The van der Waals surface area contributed by atoms with Crippen molar-refractivity contribution in [1.29, 1.82) is 0 Å². The standard InChI is InChI=1S/C18H22N2O3/c1-22-11-12-23-17-9-7-16(8-10-17)14-20-18(21)19-13-15-5-3-2-4-6-15/h2-10H,11-14H2,1H3,(H2,19,20,21). The molecule has 0 spiro atoms. The van der Waals surface area contributed by atoms with E-state index in [2.05, 4.69) is 10.6 Å². The van der Waals surface area contributed by atoms with Gasteiger partial charge in [-0.2, -0.15) is 0 Å². The van der Waals surface area contributed by atoms with E-state index in [1.807, 2.05) is 54.6 Å². The van der Waals surface area contributed by atoms with Crippen LogP contribution in [0.3, 0.4) is 0 Å². The summed E-state index contributed by atoms with van der Waals surface area (Å²) in [5, 5.41) is 5.66. The molecule has 5 heteroatoms. The topological polar surface area (TPSA) is 59.6 Å². The second kappa shape index (κ2) is 9.48. The molecule has 0 heterocycles. The number of carbonyl (C=O) groups excluding carboxylic acids is 1. The molecule has 2 amide bonds. The molecule has 2 aromatic rings. The van der Waals surface area contributed by atoms with Crippen LogP contribution in [0.2, 0.25) is 0 Å². The molecule has 0 bridgehead atoms. The van der Waals surface area contributed by atoms with Gasteiger partial charge in [-0.15, -0.1) is 0 Å². The SMILES string of the molecule is COCCOc1ccc(CNC(=O)NCc2ccccc2)cc1. The molecule has 122 valence electrons. The first-order chi connectivity index (χ1) is 11.3. The first kappa shape index (κ1) is 16.8. The van der Waals surface area contributed by atoms with Gasteiger partial charge in [0.15, 0.2) is 0 Å². The number of nitrogens with one attached hydrogen (secondary N) is 2. The van der Waals surface area contributed by atoms with Crippen LogP contribution in [0.1, 0.15) is 11.1 Å². The fourth-order valence-corrected chi connectivity index (χ4v) is 1.97. The second-order valence-corrected chi connectivity index (χ2v) is 5.01. The Morgan fingerprint density at radius 3 is 2.09 bits per heavy atom. The zero-order valence-corrected chi connectivity index (χ0v) is 13.2. The van der Waals surface area contributed by atoms with E-state index in [9.17, 15) is 4.79 Å². The van der Waals surface area contributed by atoms with Gasteiger partial charge in [0.1, 0.15) is 12.4 Å². The smallest absolute Gasteiger partial charge is 0.315 e. The van der Waals surface area contributed by atoms with E-state index in [1.165, 1.54) is 0 Å². The predicted molar refractivity (Wildman–Crippen MR) is 89.3 cm³/mol. The average molecular weight is 314 g/mol. The maximum absolute atomic E-state index is 11.8. The highest BCUT2D eigenvalue weighted by molar-refractivity contribution is 5.73. The first-order valence-electron chi connectivity index (χ1n) is 7.54. The van der Waals surface area contributed by atoms with Crippen molar-refractivity contribution in [3.63, 3.8) is 0 Å². The number of hydrogen-bond acceptors (Lipinski definition) is 3. The lowest BCUT2D eigenvalue weighted by Gasteiger charge is -2.09. The fourth-order valence-electron chi connectivity index (χ4n) is 1.97. The van der Waals surface area contributed by atoms with Crippen molar-refractivity contribution in [2.24, 2.45) is 0 Å². The van der Waals surface area contributed by atoms with Gasteiger partial charge in [-0.25, -0.2) is 4.79 Å². The van der Waals surface area contributed by atoms with Gasteiger partial charge in [0.25, 0.3) is 0 Å². The summed E-state index contributed by atoms with van der Waals surface area (Å²) in [6, 6.07) is 17.2. The van der Waals surface area contributed by atoms with Crippen LogP contribution in [0.5, 0.6) is 5.75 Å². The number of benzene rings is 2. The molecule has 0 unspecified atom stereocenters. The highest BCUT2D eigenvalue weighted by Crippen LogP contribution is 2.11. The number of rotatable bonds is 8. The Morgan fingerprint density at radius 2 is 1.48 bits per heavy atom. The molecular weight excluding hydrogens is 292 g/mol. The van der Waals surface area contributed by atoms with Crippen molar-refractivity contribution in [3.05, 3.63) is 65.7 Å².